The monoisotopic (exact) mass is 290 g/mol. The molecule has 0 saturated carbocycles. The molecule has 104 valence electrons. The van der Waals surface area contributed by atoms with Gasteiger partial charge in [0.2, 0.25) is 5.95 Å². The van der Waals surface area contributed by atoms with E-state index in [2.05, 4.69) is 20.6 Å². The van der Waals surface area contributed by atoms with Crippen LogP contribution < -0.4 is 15.4 Å². The van der Waals surface area contributed by atoms with E-state index in [0.717, 1.165) is 42.2 Å². The molecule has 0 spiro atoms. The van der Waals surface area contributed by atoms with E-state index < -0.39 is 0 Å². The maximum absolute atomic E-state index is 6.21. The summed E-state index contributed by atoms with van der Waals surface area (Å²) in [7, 11) is 1.64. The highest BCUT2D eigenvalue weighted by Crippen LogP contribution is 2.24. The lowest BCUT2D eigenvalue weighted by Crippen LogP contribution is -2.25. The third kappa shape index (κ3) is 2.69. The molecule has 2 N–H and O–H groups in total. The molecule has 1 aromatic heterocycles. The molecule has 0 amide bonds. The van der Waals surface area contributed by atoms with Crippen molar-refractivity contribution in [3.8, 4) is 5.75 Å². The molecule has 3 rings (SSSR count). The van der Waals surface area contributed by atoms with Crippen LogP contribution in [0, 0.1) is 0 Å². The third-order valence-corrected chi connectivity index (χ3v) is 3.54. The number of nitrogens with one attached hydrogen (secondary N) is 2. The van der Waals surface area contributed by atoms with Crippen molar-refractivity contribution in [3.05, 3.63) is 40.7 Å². The van der Waals surface area contributed by atoms with Gasteiger partial charge in [0, 0.05) is 30.8 Å². The van der Waals surface area contributed by atoms with Gasteiger partial charge in [-0.1, -0.05) is 11.6 Å². The van der Waals surface area contributed by atoms with E-state index in [9.17, 15) is 0 Å². The molecule has 0 atom stereocenters. The van der Waals surface area contributed by atoms with Crippen molar-refractivity contribution in [2.24, 2.45) is 0 Å². The van der Waals surface area contributed by atoms with Gasteiger partial charge < -0.3 is 15.4 Å². The minimum Gasteiger partial charge on any atom is -0.497 e. The maximum atomic E-state index is 6.21. The molecule has 1 aliphatic heterocycles. The van der Waals surface area contributed by atoms with Crippen molar-refractivity contribution >= 4 is 23.2 Å². The molecule has 6 heteroatoms. The summed E-state index contributed by atoms with van der Waals surface area (Å²) in [4.78, 5) is 8.83. The fraction of sp³-hybridized carbons (Fsp3) is 0.286. The summed E-state index contributed by atoms with van der Waals surface area (Å²) in [6, 6.07) is 7.59. The Labute approximate surface area is 122 Å². The lowest BCUT2D eigenvalue weighted by atomic mass is 10.1. The number of anilines is 2. The SMILES string of the molecule is COc1ccc(Nc2nc(Cl)c3c(n2)CCNC3)cc1. The van der Waals surface area contributed by atoms with Gasteiger partial charge in [-0.3, -0.25) is 0 Å². The topological polar surface area (TPSA) is 59.1 Å². The van der Waals surface area contributed by atoms with Crippen molar-refractivity contribution in [1.82, 2.24) is 15.3 Å². The van der Waals surface area contributed by atoms with Gasteiger partial charge in [-0.15, -0.1) is 0 Å². The summed E-state index contributed by atoms with van der Waals surface area (Å²) in [5.41, 5.74) is 2.91. The molecule has 0 radical (unpaired) electrons. The van der Waals surface area contributed by atoms with Crippen LogP contribution in [0.3, 0.4) is 0 Å². The lowest BCUT2D eigenvalue weighted by molar-refractivity contribution is 0.415. The van der Waals surface area contributed by atoms with Gasteiger partial charge in [-0.25, -0.2) is 9.97 Å². The van der Waals surface area contributed by atoms with Crippen LogP contribution in [0.4, 0.5) is 11.6 Å². The molecule has 0 bridgehead atoms. The smallest absolute Gasteiger partial charge is 0.228 e. The fourth-order valence-electron chi connectivity index (χ4n) is 2.16. The summed E-state index contributed by atoms with van der Waals surface area (Å²) in [5.74, 6) is 1.34. The number of halogens is 1. The number of aromatic nitrogens is 2. The summed E-state index contributed by atoms with van der Waals surface area (Å²) < 4.78 is 5.13. The Morgan fingerprint density at radius 2 is 2.05 bits per heavy atom. The predicted molar refractivity (Wildman–Crippen MR) is 78.7 cm³/mol. The normalized spacial score (nSPS) is 13.7. The van der Waals surface area contributed by atoms with Gasteiger partial charge >= 0.3 is 0 Å². The fourth-order valence-corrected chi connectivity index (χ4v) is 2.42. The van der Waals surface area contributed by atoms with Crippen molar-refractivity contribution in [1.29, 1.82) is 0 Å². The number of rotatable bonds is 3. The molecule has 0 fully saturated rings. The zero-order valence-electron chi connectivity index (χ0n) is 11.1. The number of hydrogen-bond acceptors (Lipinski definition) is 5. The molecule has 1 aliphatic rings. The van der Waals surface area contributed by atoms with Crippen LogP contribution in [0.2, 0.25) is 5.15 Å². The molecule has 2 aromatic rings. The van der Waals surface area contributed by atoms with Crippen LogP contribution in [0.1, 0.15) is 11.3 Å². The van der Waals surface area contributed by atoms with Gasteiger partial charge in [0.25, 0.3) is 0 Å². The molecule has 5 nitrogen and oxygen atoms in total. The van der Waals surface area contributed by atoms with E-state index in [1.807, 2.05) is 24.3 Å². The predicted octanol–water partition coefficient (Wildman–Crippen LogP) is 2.53. The molecule has 0 unspecified atom stereocenters. The summed E-state index contributed by atoms with van der Waals surface area (Å²) >= 11 is 6.21. The molecule has 1 aromatic carbocycles. The van der Waals surface area contributed by atoms with Crippen LogP contribution >= 0.6 is 11.6 Å². The van der Waals surface area contributed by atoms with E-state index >= 15 is 0 Å². The minimum atomic E-state index is 0.512. The molecular formula is C14H15ClN4O. The Balaban J connectivity index is 1.85. The zero-order chi connectivity index (χ0) is 13.9. The van der Waals surface area contributed by atoms with Gasteiger partial charge in [-0.2, -0.15) is 0 Å². The first-order chi connectivity index (χ1) is 9.76. The highest BCUT2D eigenvalue weighted by molar-refractivity contribution is 6.30. The number of fused-ring (bicyclic) bond motifs is 1. The quantitative estimate of drug-likeness (QED) is 0.851. The van der Waals surface area contributed by atoms with Crippen LogP contribution in [0.5, 0.6) is 5.75 Å². The van der Waals surface area contributed by atoms with Crippen molar-refractivity contribution in [2.45, 2.75) is 13.0 Å². The van der Waals surface area contributed by atoms with Gasteiger partial charge in [0.1, 0.15) is 10.9 Å². The van der Waals surface area contributed by atoms with Crippen LogP contribution in [0.15, 0.2) is 24.3 Å². The van der Waals surface area contributed by atoms with Crippen molar-refractivity contribution in [2.75, 3.05) is 19.0 Å². The number of ether oxygens (including phenoxy) is 1. The highest BCUT2D eigenvalue weighted by atomic mass is 35.5. The van der Waals surface area contributed by atoms with Crippen LogP contribution in [0.25, 0.3) is 0 Å². The molecule has 20 heavy (non-hydrogen) atoms. The summed E-state index contributed by atoms with van der Waals surface area (Å²) in [6.45, 7) is 1.65. The number of nitrogens with zero attached hydrogens (tertiary/aromatic N) is 2. The van der Waals surface area contributed by atoms with Crippen molar-refractivity contribution < 1.29 is 4.74 Å². The molecule has 2 heterocycles. The van der Waals surface area contributed by atoms with Crippen molar-refractivity contribution in [3.63, 3.8) is 0 Å². The Bertz CT molecular complexity index is 615. The van der Waals surface area contributed by atoms with E-state index in [0.29, 0.717) is 11.1 Å². The number of methoxy groups -OCH3 is 1. The largest absolute Gasteiger partial charge is 0.497 e. The first-order valence-electron chi connectivity index (χ1n) is 6.43. The van der Waals surface area contributed by atoms with Gasteiger partial charge in [0.05, 0.1) is 12.8 Å². The molecule has 0 saturated heterocycles. The number of benzene rings is 1. The zero-order valence-corrected chi connectivity index (χ0v) is 11.9. The van der Waals surface area contributed by atoms with E-state index in [1.54, 1.807) is 7.11 Å². The van der Waals surface area contributed by atoms with Crippen LogP contribution in [-0.4, -0.2) is 23.6 Å². The summed E-state index contributed by atoms with van der Waals surface area (Å²) in [6.07, 6.45) is 0.870. The maximum Gasteiger partial charge on any atom is 0.228 e. The second kappa shape index (κ2) is 5.64. The van der Waals surface area contributed by atoms with Gasteiger partial charge in [-0.05, 0) is 24.3 Å². The second-order valence-corrected chi connectivity index (χ2v) is 4.90. The Kier molecular flexibility index (Phi) is 3.71. The Hall–Kier alpha value is -1.85. The van der Waals surface area contributed by atoms with Gasteiger partial charge in [0.15, 0.2) is 0 Å². The Morgan fingerprint density at radius 1 is 1.25 bits per heavy atom. The average molecular weight is 291 g/mol. The Morgan fingerprint density at radius 3 is 2.80 bits per heavy atom. The second-order valence-electron chi connectivity index (χ2n) is 4.54. The minimum absolute atomic E-state index is 0.512. The standard InChI is InChI=1S/C14H15ClN4O/c1-20-10-4-2-9(3-5-10)17-14-18-12-6-7-16-8-11(12)13(15)19-14/h2-5,16H,6-8H2,1H3,(H,17,18,19). The third-order valence-electron chi connectivity index (χ3n) is 3.23. The first kappa shape index (κ1) is 13.1. The summed E-state index contributed by atoms with van der Waals surface area (Å²) in [5, 5.41) is 6.94. The number of hydrogen-bond donors (Lipinski definition) is 2. The van der Waals surface area contributed by atoms with E-state index in [4.69, 9.17) is 16.3 Å². The lowest BCUT2D eigenvalue weighted by Gasteiger charge is -2.18. The van der Waals surface area contributed by atoms with Crippen LogP contribution in [-0.2, 0) is 13.0 Å². The highest BCUT2D eigenvalue weighted by Gasteiger charge is 2.16. The average Bonchev–Trinajstić information content (AvgIpc) is 2.48. The first-order valence-corrected chi connectivity index (χ1v) is 6.81. The van der Waals surface area contributed by atoms with E-state index in [-0.39, 0.29) is 0 Å². The molecule has 0 aliphatic carbocycles. The van der Waals surface area contributed by atoms with E-state index in [1.165, 1.54) is 0 Å². The molecular weight excluding hydrogens is 276 g/mol.